The van der Waals surface area contributed by atoms with Gasteiger partial charge in [-0.3, -0.25) is 15.1 Å². The largest absolute Gasteiger partial charge is 0.427 e. The predicted octanol–water partition coefficient (Wildman–Crippen LogP) is 7.70. The lowest BCUT2D eigenvalue weighted by Crippen LogP contribution is -2.29. The third-order valence-electron chi connectivity index (χ3n) is 5.08. The number of rotatable bonds is 8. The number of pyridine rings is 1. The van der Waals surface area contributed by atoms with Crippen LogP contribution >= 0.6 is 0 Å². The first-order chi connectivity index (χ1) is 19.0. The normalized spacial score (nSPS) is 9.87. The Balaban J connectivity index is 0.00000215. The molecule has 0 aliphatic rings. The van der Waals surface area contributed by atoms with Crippen LogP contribution in [0.3, 0.4) is 0 Å². The SMILES string of the molecule is CC.CC(=O)Oc1ccc(-c2cnc3ccc(NC(=O)NCCCCc4ccccc4)nc3n2)cc1.CCC.[HH].[HH]. The monoisotopic (exact) mass is 533 g/mol. The third-order valence-corrected chi connectivity index (χ3v) is 5.08. The van der Waals surface area contributed by atoms with Crippen LogP contribution < -0.4 is 15.4 Å². The lowest BCUT2D eigenvalue weighted by Gasteiger charge is -2.08. The van der Waals surface area contributed by atoms with Crippen molar-refractivity contribution in [2.24, 2.45) is 0 Å². The zero-order valence-electron chi connectivity index (χ0n) is 23.5. The van der Waals surface area contributed by atoms with Gasteiger partial charge in [-0.25, -0.2) is 14.8 Å². The molecule has 2 aromatic carbocycles. The van der Waals surface area contributed by atoms with Crippen LogP contribution in [0.4, 0.5) is 10.6 Å². The zero-order chi connectivity index (χ0) is 28.5. The molecule has 2 heterocycles. The summed E-state index contributed by atoms with van der Waals surface area (Å²) in [6.07, 6.45) is 5.78. The molecule has 4 aromatic rings. The number of urea groups is 1. The van der Waals surface area contributed by atoms with E-state index in [1.165, 1.54) is 18.9 Å². The van der Waals surface area contributed by atoms with Crippen molar-refractivity contribution in [1.29, 1.82) is 0 Å². The zero-order valence-corrected chi connectivity index (χ0v) is 23.5. The van der Waals surface area contributed by atoms with E-state index in [1.54, 1.807) is 42.6 Å². The molecule has 2 amide bonds. The smallest absolute Gasteiger partial charge is 0.320 e. The summed E-state index contributed by atoms with van der Waals surface area (Å²) in [6, 6.07) is 20.4. The van der Waals surface area contributed by atoms with Crippen LogP contribution in [-0.2, 0) is 11.2 Å². The van der Waals surface area contributed by atoms with Gasteiger partial charge >= 0.3 is 12.0 Å². The van der Waals surface area contributed by atoms with Crippen molar-refractivity contribution in [3.8, 4) is 17.0 Å². The molecule has 0 spiro atoms. The van der Waals surface area contributed by atoms with Gasteiger partial charge in [0.25, 0.3) is 0 Å². The molecule has 0 unspecified atom stereocenters. The van der Waals surface area contributed by atoms with Gasteiger partial charge in [0, 0.05) is 21.9 Å². The number of unbranched alkanes of at least 4 members (excludes halogenated alkanes) is 1. The Kier molecular flexibility index (Phi) is 13.6. The molecule has 0 radical (unpaired) electrons. The molecule has 0 bridgehead atoms. The van der Waals surface area contributed by atoms with Crippen molar-refractivity contribution in [1.82, 2.24) is 20.3 Å². The number of fused-ring (bicyclic) bond motifs is 1. The number of anilines is 1. The maximum atomic E-state index is 12.2. The lowest BCUT2D eigenvalue weighted by atomic mass is 10.1. The van der Waals surface area contributed by atoms with Crippen molar-refractivity contribution in [3.05, 3.63) is 78.5 Å². The summed E-state index contributed by atoms with van der Waals surface area (Å²) in [4.78, 5) is 36.7. The van der Waals surface area contributed by atoms with Gasteiger partial charge in [0.2, 0.25) is 0 Å². The second-order valence-corrected chi connectivity index (χ2v) is 8.44. The number of esters is 1. The maximum Gasteiger partial charge on any atom is 0.320 e. The van der Waals surface area contributed by atoms with E-state index in [0.29, 0.717) is 35.0 Å². The minimum absolute atomic E-state index is 0. The number of nitrogens with one attached hydrogen (secondary N) is 2. The molecular formula is C31H43N5O3. The Labute approximate surface area is 234 Å². The van der Waals surface area contributed by atoms with Crippen LogP contribution in [0.15, 0.2) is 72.9 Å². The molecule has 2 N–H and O–H groups in total. The summed E-state index contributed by atoms with van der Waals surface area (Å²) in [5.41, 5.74) is 3.76. The van der Waals surface area contributed by atoms with Crippen LogP contribution in [0.25, 0.3) is 22.4 Å². The highest BCUT2D eigenvalue weighted by atomic mass is 16.5. The van der Waals surface area contributed by atoms with Crippen LogP contribution in [0.5, 0.6) is 5.75 Å². The minimum atomic E-state index is -0.376. The molecule has 8 heteroatoms. The van der Waals surface area contributed by atoms with E-state index in [2.05, 4.69) is 51.6 Å². The van der Waals surface area contributed by atoms with E-state index in [0.717, 1.165) is 24.8 Å². The van der Waals surface area contributed by atoms with Crippen LogP contribution in [0.2, 0.25) is 0 Å². The van der Waals surface area contributed by atoms with E-state index >= 15 is 0 Å². The van der Waals surface area contributed by atoms with Gasteiger partial charge in [-0.15, -0.1) is 0 Å². The molecule has 0 aliphatic heterocycles. The Hall–Kier alpha value is -4.33. The number of hydrogen-bond acceptors (Lipinski definition) is 6. The fourth-order valence-corrected chi connectivity index (χ4v) is 3.43. The van der Waals surface area contributed by atoms with E-state index in [1.807, 2.05) is 32.0 Å². The Bertz CT molecular complexity index is 1310. The van der Waals surface area contributed by atoms with Crippen molar-refractivity contribution in [2.75, 3.05) is 11.9 Å². The second kappa shape index (κ2) is 17.2. The number of nitrogens with zero attached hydrogens (tertiary/aromatic N) is 3. The second-order valence-electron chi connectivity index (χ2n) is 8.44. The van der Waals surface area contributed by atoms with E-state index in [9.17, 15) is 9.59 Å². The van der Waals surface area contributed by atoms with Crippen LogP contribution in [0.1, 0.15) is 62.3 Å². The summed E-state index contributed by atoms with van der Waals surface area (Å²) in [5, 5.41) is 5.61. The molecule has 210 valence electrons. The molecule has 0 aliphatic carbocycles. The quantitative estimate of drug-likeness (QED) is 0.137. The fourth-order valence-electron chi connectivity index (χ4n) is 3.43. The summed E-state index contributed by atoms with van der Waals surface area (Å²) in [6.45, 7) is 10.2. The van der Waals surface area contributed by atoms with Crippen molar-refractivity contribution in [2.45, 2.75) is 60.3 Å². The molecule has 0 saturated carbocycles. The van der Waals surface area contributed by atoms with Crippen LogP contribution in [-0.4, -0.2) is 33.5 Å². The number of aryl methyl sites for hydroxylation is 1. The predicted molar refractivity (Wildman–Crippen MR) is 162 cm³/mol. The first-order valence-electron chi connectivity index (χ1n) is 13.5. The molecule has 2 aromatic heterocycles. The van der Waals surface area contributed by atoms with E-state index in [-0.39, 0.29) is 14.9 Å². The Morgan fingerprint density at radius 3 is 2.26 bits per heavy atom. The van der Waals surface area contributed by atoms with E-state index in [4.69, 9.17) is 4.74 Å². The number of amides is 2. The first-order valence-corrected chi connectivity index (χ1v) is 13.5. The van der Waals surface area contributed by atoms with Gasteiger partial charge in [-0.1, -0.05) is 64.4 Å². The number of ether oxygens (including phenoxy) is 1. The molecular weight excluding hydrogens is 490 g/mol. The average molecular weight is 534 g/mol. The molecule has 0 fully saturated rings. The standard InChI is InChI=1S/C26H25N5O3.C3H8.C2H6.2H2/c1-18(32)34-21-12-10-20(11-13-21)23-17-28-22-14-15-24(30-25(22)29-23)31-26(33)27-16-6-5-9-19-7-3-2-4-8-19;1-3-2;1-2;;/h2-4,7-8,10-15,17H,5-6,9,16H2,1H3,(H2,27,29,30,31,33);3H2,1-2H3;1-2H3;2*1H. The highest BCUT2D eigenvalue weighted by Crippen LogP contribution is 2.22. The Morgan fingerprint density at radius 2 is 1.59 bits per heavy atom. The lowest BCUT2D eigenvalue weighted by molar-refractivity contribution is -0.131. The van der Waals surface area contributed by atoms with Gasteiger partial charge < -0.3 is 10.1 Å². The van der Waals surface area contributed by atoms with Gasteiger partial charge in [0.05, 0.1) is 11.9 Å². The number of hydrogen-bond donors (Lipinski definition) is 2. The average Bonchev–Trinajstić information content (AvgIpc) is 2.95. The molecule has 4 rings (SSSR count). The van der Waals surface area contributed by atoms with E-state index < -0.39 is 0 Å². The van der Waals surface area contributed by atoms with Gasteiger partial charge in [-0.05, 0) is 61.2 Å². The van der Waals surface area contributed by atoms with Gasteiger partial charge in [0.1, 0.15) is 17.1 Å². The van der Waals surface area contributed by atoms with Crippen molar-refractivity contribution in [3.63, 3.8) is 0 Å². The minimum Gasteiger partial charge on any atom is -0.427 e. The van der Waals surface area contributed by atoms with Crippen molar-refractivity contribution < 1.29 is 17.2 Å². The molecule has 8 nitrogen and oxygen atoms in total. The number of aromatic nitrogens is 3. The van der Waals surface area contributed by atoms with Gasteiger partial charge in [0.15, 0.2) is 5.65 Å². The summed E-state index contributed by atoms with van der Waals surface area (Å²) < 4.78 is 5.06. The number of carbonyl (C=O) groups excluding carboxylic acids is 2. The summed E-state index contributed by atoms with van der Waals surface area (Å²) in [7, 11) is 0. The van der Waals surface area contributed by atoms with Gasteiger partial charge in [-0.2, -0.15) is 0 Å². The van der Waals surface area contributed by atoms with Crippen LogP contribution in [0, 0.1) is 0 Å². The summed E-state index contributed by atoms with van der Waals surface area (Å²) >= 11 is 0. The third kappa shape index (κ3) is 10.9. The molecule has 0 saturated heterocycles. The highest BCUT2D eigenvalue weighted by molar-refractivity contribution is 5.89. The molecule has 0 atom stereocenters. The highest BCUT2D eigenvalue weighted by Gasteiger charge is 2.08. The van der Waals surface area contributed by atoms with Crippen molar-refractivity contribution >= 4 is 29.0 Å². The number of carbonyl (C=O) groups is 2. The topological polar surface area (TPSA) is 106 Å². The fraction of sp³-hybridized carbons (Fsp3) is 0.323. The summed E-state index contributed by atoms with van der Waals surface area (Å²) in [5.74, 6) is 0.477. The molecule has 39 heavy (non-hydrogen) atoms. The first kappa shape index (κ1) is 30.9. The maximum absolute atomic E-state index is 12.2. The Morgan fingerprint density at radius 1 is 0.897 bits per heavy atom. The number of benzene rings is 2.